The number of thiophene rings is 1. The molecule has 6 nitrogen and oxygen atoms in total. The van der Waals surface area contributed by atoms with Crippen molar-refractivity contribution in [1.29, 1.82) is 0 Å². The molecule has 1 fully saturated rings. The van der Waals surface area contributed by atoms with E-state index in [0.717, 1.165) is 37.3 Å². The number of carbonyl (C=O) groups is 1. The second-order valence-electron chi connectivity index (χ2n) is 4.28. The summed E-state index contributed by atoms with van der Waals surface area (Å²) in [7, 11) is -2.29. The molecule has 0 aliphatic carbocycles. The molecular weight excluding hydrogens is 288 g/mol. The third-order valence-electron chi connectivity index (χ3n) is 2.93. The lowest BCUT2D eigenvalue weighted by atomic mass is 10.1. The third kappa shape index (κ3) is 3.53. The van der Waals surface area contributed by atoms with Gasteiger partial charge in [-0.2, -0.15) is 0 Å². The number of esters is 1. The summed E-state index contributed by atoms with van der Waals surface area (Å²) in [5.41, 5.74) is 0. The molecule has 106 valence electrons. The summed E-state index contributed by atoms with van der Waals surface area (Å²) < 4.78 is 31.5. The molecule has 0 unspecified atom stereocenters. The molecule has 19 heavy (non-hydrogen) atoms. The zero-order valence-corrected chi connectivity index (χ0v) is 12.1. The number of sulfonamides is 1. The van der Waals surface area contributed by atoms with Crippen LogP contribution in [0.5, 0.6) is 0 Å². The van der Waals surface area contributed by atoms with Crippen molar-refractivity contribution in [2.45, 2.75) is 23.8 Å². The minimum Gasteiger partial charge on any atom is -0.465 e. The molecule has 2 rings (SSSR count). The van der Waals surface area contributed by atoms with Crippen LogP contribution < -0.4 is 10.0 Å². The average Bonchev–Trinajstić information content (AvgIpc) is 2.89. The maximum atomic E-state index is 12.1. The van der Waals surface area contributed by atoms with E-state index in [0.29, 0.717) is 0 Å². The molecule has 1 saturated heterocycles. The predicted molar refractivity (Wildman–Crippen MR) is 71.9 cm³/mol. The van der Waals surface area contributed by atoms with E-state index >= 15 is 0 Å². The quantitative estimate of drug-likeness (QED) is 0.794. The summed E-state index contributed by atoms with van der Waals surface area (Å²) in [4.78, 5) is 11.7. The van der Waals surface area contributed by atoms with Gasteiger partial charge in [-0.3, -0.25) is 0 Å². The number of methoxy groups -OCH3 is 1. The van der Waals surface area contributed by atoms with E-state index in [-0.39, 0.29) is 15.8 Å². The molecule has 1 aromatic rings. The average molecular weight is 304 g/mol. The van der Waals surface area contributed by atoms with Crippen molar-refractivity contribution >= 4 is 27.3 Å². The maximum absolute atomic E-state index is 12.1. The van der Waals surface area contributed by atoms with Gasteiger partial charge in [0, 0.05) is 11.4 Å². The fourth-order valence-corrected chi connectivity index (χ4v) is 4.39. The Kier molecular flexibility index (Phi) is 4.56. The fourth-order valence-electron chi connectivity index (χ4n) is 1.89. The molecule has 2 heterocycles. The lowest BCUT2D eigenvalue weighted by Crippen LogP contribution is -2.42. The number of hydrogen-bond acceptors (Lipinski definition) is 6. The number of carbonyl (C=O) groups excluding carboxylic acids is 1. The Morgan fingerprint density at radius 1 is 1.47 bits per heavy atom. The highest BCUT2D eigenvalue weighted by Crippen LogP contribution is 2.20. The van der Waals surface area contributed by atoms with Crippen LogP contribution in [0.2, 0.25) is 0 Å². The van der Waals surface area contributed by atoms with Crippen LogP contribution >= 0.6 is 11.3 Å². The normalized spacial score (nSPS) is 17.3. The second kappa shape index (κ2) is 6.00. The van der Waals surface area contributed by atoms with Crippen molar-refractivity contribution in [2.24, 2.45) is 0 Å². The maximum Gasteiger partial charge on any atom is 0.348 e. The highest BCUT2D eigenvalue weighted by Gasteiger charge is 2.23. The van der Waals surface area contributed by atoms with Crippen LogP contribution in [-0.2, 0) is 14.8 Å². The van der Waals surface area contributed by atoms with Gasteiger partial charge in [0.2, 0.25) is 10.0 Å². The van der Waals surface area contributed by atoms with Gasteiger partial charge in [-0.05, 0) is 32.0 Å². The summed E-state index contributed by atoms with van der Waals surface area (Å²) in [5.74, 6) is -0.520. The molecule has 0 bridgehead atoms. The van der Waals surface area contributed by atoms with E-state index in [1.54, 1.807) is 0 Å². The van der Waals surface area contributed by atoms with Crippen LogP contribution in [0.25, 0.3) is 0 Å². The number of piperidine rings is 1. The molecule has 1 aliphatic rings. The van der Waals surface area contributed by atoms with Gasteiger partial charge in [-0.25, -0.2) is 17.9 Å². The molecule has 0 amide bonds. The Balaban J connectivity index is 2.10. The Morgan fingerprint density at radius 3 is 2.79 bits per heavy atom. The van der Waals surface area contributed by atoms with Crippen LogP contribution in [0.3, 0.4) is 0 Å². The van der Waals surface area contributed by atoms with Gasteiger partial charge in [-0.15, -0.1) is 11.3 Å². The van der Waals surface area contributed by atoms with Crippen molar-refractivity contribution in [3.05, 3.63) is 16.3 Å². The van der Waals surface area contributed by atoms with E-state index in [1.165, 1.54) is 18.6 Å². The number of hydrogen-bond donors (Lipinski definition) is 2. The first kappa shape index (κ1) is 14.4. The lowest BCUT2D eigenvalue weighted by molar-refractivity contribution is 0.0606. The second-order valence-corrected chi connectivity index (χ2v) is 6.91. The highest BCUT2D eigenvalue weighted by atomic mass is 32.2. The predicted octanol–water partition coefficient (Wildman–Crippen LogP) is 0.565. The molecule has 1 aliphatic heterocycles. The molecule has 2 N–H and O–H groups in total. The van der Waals surface area contributed by atoms with E-state index in [4.69, 9.17) is 0 Å². The third-order valence-corrected chi connectivity index (χ3v) is 5.49. The fraction of sp³-hybridized carbons (Fsp3) is 0.545. The smallest absolute Gasteiger partial charge is 0.348 e. The minimum atomic E-state index is -3.56. The Bertz CT molecular complexity index is 547. The van der Waals surface area contributed by atoms with Gasteiger partial charge in [0.1, 0.15) is 4.88 Å². The van der Waals surface area contributed by atoms with Gasteiger partial charge in [0.05, 0.1) is 12.0 Å². The summed E-state index contributed by atoms with van der Waals surface area (Å²) in [6.45, 7) is 1.62. The standard InChI is InChI=1S/C11H16N2O4S2/c1-17-11(14)10-6-9(7-18-10)19(15,16)13-8-2-4-12-5-3-8/h6-8,12-13H,2-5H2,1H3. The van der Waals surface area contributed by atoms with Crippen LogP contribution in [0, 0.1) is 0 Å². The van der Waals surface area contributed by atoms with Crippen LogP contribution in [0.15, 0.2) is 16.3 Å². The van der Waals surface area contributed by atoms with Crippen molar-refractivity contribution < 1.29 is 17.9 Å². The van der Waals surface area contributed by atoms with Crippen molar-refractivity contribution in [3.8, 4) is 0 Å². The molecule has 1 aromatic heterocycles. The molecule has 0 radical (unpaired) electrons. The highest BCUT2D eigenvalue weighted by molar-refractivity contribution is 7.89. The van der Waals surface area contributed by atoms with Crippen molar-refractivity contribution in [1.82, 2.24) is 10.0 Å². The van der Waals surface area contributed by atoms with Crippen LogP contribution in [0.1, 0.15) is 22.5 Å². The minimum absolute atomic E-state index is 0.0484. The molecular formula is C11H16N2O4S2. The van der Waals surface area contributed by atoms with Gasteiger partial charge in [-0.1, -0.05) is 0 Å². The van der Waals surface area contributed by atoms with E-state index in [9.17, 15) is 13.2 Å². The van der Waals surface area contributed by atoms with E-state index < -0.39 is 16.0 Å². The van der Waals surface area contributed by atoms with Crippen molar-refractivity contribution in [2.75, 3.05) is 20.2 Å². The first-order valence-corrected chi connectivity index (χ1v) is 8.29. The van der Waals surface area contributed by atoms with Crippen LogP contribution in [-0.4, -0.2) is 40.6 Å². The van der Waals surface area contributed by atoms with Gasteiger partial charge in [0.15, 0.2) is 0 Å². The zero-order chi connectivity index (χ0) is 13.9. The summed E-state index contributed by atoms with van der Waals surface area (Å²) in [6, 6.07) is 1.30. The molecule has 0 aromatic carbocycles. The number of rotatable bonds is 4. The summed E-state index contributed by atoms with van der Waals surface area (Å²) in [5, 5.41) is 4.63. The zero-order valence-electron chi connectivity index (χ0n) is 10.5. The summed E-state index contributed by atoms with van der Waals surface area (Å²) in [6.07, 6.45) is 1.54. The van der Waals surface area contributed by atoms with Crippen molar-refractivity contribution in [3.63, 3.8) is 0 Å². The molecule has 0 atom stereocenters. The molecule has 0 saturated carbocycles. The first-order valence-electron chi connectivity index (χ1n) is 5.93. The van der Waals surface area contributed by atoms with Gasteiger partial charge < -0.3 is 10.1 Å². The largest absolute Gasteiger partial charge is 0.465 e. The molecule has 0 spiro atoms. The Morgan fingerprint density at radius 2 is 2.16 bits per heavy atom. The molecule has 8 heteroatoms. The SMILES string of the molecule is COC(=O)c1cc(S(=O)(=O)NC2CCNCC2)cs1. The number of ether oxygens (including phenoxy) is 1. The Labute approximate surface area is 116 Å². The van der Waals surface area contributed by atoms with E-state index in [2.05, 4.69) is 14.8 Å². The summed E-state index contributed by atoms with van der Waals surface area (Å²) >= 11 is 1.07. The number of nitrogens with one attached hydrogen (secondary N) is 2. The monoisotopic (exact) mass is 304 g/mol. The topological polar surface area (TPSA) is 84.5 Å². The Hall–Kier alpha value is -0.960. The van der Waals surface area contributed by atoms with Crippen LogP contribution in [0.4, 0.5) is 0 Å². The van der Waals surface area contributed by atoms with Gasteiger partial charge >= 0.3 is 5.97 Å². The van der Waals surface area contributed by atoms with Gasteiger partial charge in [0.25, 0.3) is 0 Å². The lowest BCUT2D eigenvalue weighted by Gasteiger charge is -2.23. The first-order chi connectivity index (χ1) is 9.03. The van der Waals surface area contributed by atoms with E-state index in [1.807, 2.05) is 0 Å².